The number of aromatic nitrogens is 1. The highest BCUT2D eigenvalue weighted by atomic mass is 79.9. The van der Waals surface area contributed by atoms with Crippen molar-refractivity contribution in [2.24, 2.45) is 10.7 Å². The van der Waals surface area contributed by atoms with Crippen molar-refractivity contribution in [3.63, 3.8) is 0 Å². The number of rotatable bonds is 2. The lowest BCUT2D eigenvalue weighted by molar-refractivity contribution is -0.119. The molecular weight excluding hydrogens is 332 g/mol. The van der Waals surface area contributed by atoms with Gasteiger partial charge in [-0.1, -0.05) is 12.1 Å². The van der Waals surface area contributed by atoms with E-state index in [9.17, 15) is 4.79 Å². The summed E-state index contributed by atoms with van der Waals surface area (Å²) in [6.07, 6.45) is 3.41. The van der Waals surface area contributed by atoms with Crippen LogP contribution in [0.4, 0.5) is 5.69 Å². The second-order valence-corrected chi connectivity index (χ2v) is 5.28. The monoisotopic (exact) mass is 346 g/mol. The van der Waals surface area contributed by atoms with Crippen molar-refractivity contribution in [3.8, 4) is 0 Å². The Kier molecular flexibility index (Phi) is 3.30. The van der Waals surface area contributed by atoms with E-state index >= 15 is 0 Å². The molecule has 6 heteroatoms. The van der Waals surface area contributed by atoms with Crippen LogP contribution in [0, 0.1) is 0 Å². The highest BCUT2D eigenvalue weighted by Gasteiger charge is 2.57. The molecule has 1 fully saturated rings. The Hall–Kier alpha value is -1.79. The number of hydrogen-bond acceptors (Lipinski definition) is 4. The molecule has 1 aliphatic carbocycles. The molecule has 0 atom stereocenters. The van der Waals surface area contributed by atoms with Gasteiger partial charge in [0.05, 0.1) is 17.7 Å². The number of nitrogens with two attached hydrogens (primary N) is 1. The van der Waals surface area contributed by atoms with Crippen LogP contribution in [0.25, 0.3) is 10.9 Å². The Bertz CT molecular complexity index is 754. The van der Waals surface area contributed by atoms with Gasteiger partial charge in [0.1, 0.15) is 11.4 Å². The SMILES string of the molecule is Br.NCC1=NC2(CC2)C(=O)N1c1ccc2cccnc2c1. The molecule has 0 saturated heterocycles. The molecule has 2 aromatic rings. The van der Waals surface area contributed by atoms with E-state index in [4.69, 9.17) is 5.73 Å². The summed E-state index contributed by atoms with van der Waals surface area (Å²) >= 11 is 0. The van der Waals surface area contributed by atoms with Crippen LogP contribution in [-0.4, -0.2) is 28.8 Å². The Morgan fingerprint density at radius 2 is 2.10 bits per heavy atom. The Balaban J connectivity index is 0.00000132. The average Bonchev–Trinajstić information content (AvgIpc) is 3.21. The largest absolute Gasteiger partial charge is 0.324 e. The summed E-state index contributed by atoms with van der Waals surface area (Å²) in [4.78, 5) is 23.0. The predicted octanol–water partition coefficient (Wildman–Crippen LogP) is 2.05. The maximum atomic E-state index is 12.5. The molecule has 108 valence electrons. The maximum absolute atomic E-state index is 12.5. The maximum Gasteiger partial charge on any atom is 0.260 e. The summed E-state index contributed by atoms with van der Waals surface area (Å²) in [6, 6.07) is 9.71. The molecule has 1 aromatic carbocycles. The summed E-state index contributed by atoms with van der Waals surface area (Å²) in [6.45, 7) is 0.272. The first-order valence-corrected chi connectivity index (χ1v) is 6.72. The number of amidine groups is 1. The van der Waals surface area contributed by atoms with Gasteiger partial charge in [-0.05, 0) is 31.0 Å². The van der Waals surface area contributed by atoms with Crippen molar-refractivity contribution in [1.82, 2.24) is 4.98 Å². The van der Waals surface area contributed by atoms with E-state index in [1.165, 1.54) is 0 Å². The molecule has 2 heterocycles. The Morgan fingerprint density at radius 1 is 1.29 bits per heavy atom. The summed E-state index contributed by atoms with van der Waals surface area (Å²) in [5.41, 5.74) is 6.91. The number of halogens is 1. The van der Waals surface area contributed by atoms with Crippen molar-refractivity contribution >= 4 is 45.3 Å². The smallest absolute Gasteiger partial charge is 0.260 e. The van der Waals surface area contributed by atoms with Crippen LogP contribution >= 0.6 is 17.0 Å². The van der Waals surface area contributed by atoms with Crippen LogP contribution in [0.3, 0.4) is 0 Å². The molecule has 1 aromatic heterocycles. The molecule has 0 unspecified atom stereocenters. The van der Waals surface area contributed by atoms with Crippen molar-refractivity contribution in [2.75, 3.05) is 11.4 Å². The van der Waals surface area contributed by atoms with E-state index in [1.807, 2.05) is 30.3 Å². The molecule has 0 bridgehead atoms. The third-order valence-electron chi connectivity index (χ3n) is 3.96. The number of hydrogen-bond donors (Lipinski definition) is 1. The number of fused-ring (bicyclic) bond motifs is 1. The highest BCUT2D eigenvalue weighted by Crippen LogP contribution is 2.46. The minimum absolute atomic E-state index is 0. The van der Waals surface area contributed by atoms with Crippen LogP contribution in [0.2, 0.25) is 0 Å². The molecule has 1 amide bonds. The number of anilines is 1. The molecule has 21 heavy (non-hydrogen) atoms. The van der Waals surface area contributed by atoms with Crippen LogP contribution < -0.4 is 10.6 Å². The van der Waals surface area contributed by atoms with Crippen LogP contribution in [0.5, 0.6) is 0 Å². The van der Waals surface area contributed by atoms with E-state index in [2.05, 4.69) is 9.98 Å². The van der Waals surface area contributed by atoms with E-state index in [0.717, 1.165) is 29.4 Å². The van der Waals surface area contributed by atoms with Gasteiger partial charge in [-0.15, -0.1) is 17.0 Å². The highest BCUT2D eigenvalue weighted by molar-refractivity contribution is 8.93. The second kappa shape index (κ2) is 4.89. The molecule has 4 rings (SSSR count). The lowest BCUT2D eigenvalue weighted by Gasteiger charge is -2.18. The fourth-order valence-corrected chi connectivity index (χ4v) is 2.71. The summed E-state index contributed by atoms with van der Waals surface area (Å²) in [5.74, 6) is 0.705. The fraction of sp³-hybridized carbons (Fsp3) is 0.267. The summed E-state index contributed by atoms with van der Waals surface area (Å²) in [5, 5.41) is 1.05. The Morgan fingerprint density at radius 3 is 2.81 bits per heavy atom. The quantitative estimate of drug-likeness (QED) is 0.904. The molecular formula is C15H15BrN4O. The zero-order valence-electron chi connectivity index (χ0n) is 11.3. The van der Waals surface area contributed by atoms with Gasteiger partial charge in [0.15, 0.2) is 0 Å². The molecule has 1 saturated carbocycles. The van der Waals surface area contributed by atoms with Gasteiger partial charge in [-0.2, -0.15) is 0 Å². The number of pyridine rings is 1. The molecule has 1 spiro atoms. The van der Waals surface area contributed by atoms with Crippen molar-refractivity contribution in [2.45, 2.75) is 18.4 Å². The molecule has 2 N–H and O–H groups in total. The van der Waals surface area contributed by atoms with Gasteiger partial charge in [-0.25, -0.2) is 0 Å². The zero-order valence-corrected chi connectivity index (χ0v) is 13.0. The predicted molar refractivity (Wildman–Crippen MR) is 88.0 cm³/mol. The van der Waals surface area contributed by atoms with Crippen LogP contribution in [-0.2, 0) is 4.79 Å². The Labute approximate surface area is 132 Å². The zero-order chi connectivity index (χ0) is 13.7. The number of amides is 1. The number of aliphatic imine (C=N–C) groups is 1. The van der Waals surface area contributed by atoms with Gasteiger partial charge in [0.2, 0.25) is 0 Å². The minimum Gasteiger partial charge on any atom is -0.324 e. The van der Waals surface area contributed by atoms with E-state index < -0.39 is 5.54 Å². The summed E-state index contributed by atoms with van der Waals surface area (Å²) < 4.78 is 0. The number of nitrogens with zero attached hydrogens (tertiary/aromatic N) is 3. The lowest BCUT2D eigenvalue weighted by Crippen LogP contribution is -2.39. The van der Waals surface area contributed by atoms with Gasteiger partial charge in [0.25, 0.3) is 5.91 Å². The minimum atomic E-state index is -0.506. The number of benzene rings is 1. The third-order valence-corrected chi connectivity index (χ3v) is 3.96. The number of carbonyl (C=O) groups is 1. The molecule has 0 radical (unpaired) electrons. The lowest BCUT2D eigenvalue weighted by atomic mass is 10.1. The first kappa shape index (κ1) is 14.2. The van der Waals surface area contributed by atoms with Gasteiger partial charge in [-0.3, -0.25) is 19.7 Å². The first-order valence-electron chi connectivity index (χ1n) is 6.72. The van der Waals surface area contributed by atoms with Gasteiger partial charge >= 0.3 is 0 Å². The van der Waals surface area contributed by atoms with E-state index in [0.29, 0.717) is 5.84 Å². The van der Waals surface area contributed by atoms with Crippen molar-refractivity contribution < 1.29 is 4.79 Å². The van der Waals surface area contributed by atoms with Crippen molar-refractivity contribution in [3.05, 3.63) is 36.5 Å². The van der Waals surface area contributed by atoms with Gasteiger partial charge in [0, 0.05) is 11.6 Å². The van der Waals surface area contributed by atoms with E-state index in [1.54, 1.807) is 11.1 Å². The fourth-order valence-electron chi connectivity index (χ4n) is 2.71. The van der Waals surface area contributed by atoms with E-state index in [-0.39, 0.29) is 29.4 Å². The molecule has 5 nitrogen and oxygen atoms in total. The standard InChI is InChI=1S/C15H14N4O.BrH/c16-9-13-18-15(5-6-15)14(20)19(13)11-4-3-10-2-1-7-17-12(10)8-11;/h1-4,7-8H,5-6,9,16H2;1H. The first-order chi connectivity index (χ1) is 9.73. The second-order valence-electron chi connectivity index (χ2n) is 5.28. The molecule has 1 aliphatic heterocycles. The summed E-state index contributed by atoms with van der Waals surface area (Å²) in [7, 11) is 0. The third kappa shape index (κ3) is 2.06. The normalized spacial score (nSPS) is 18.8. The molecule has 2 aliphatic rings. The average molecular weight is 347 g/mol. The van der Waals surface area contributed by atoms with Crippen molar-refractivity contribution in [1.29, 1.82) is 0 Å². The van der Waals surface area contributed by atoms with Gasteiger partial charge < -0.3 is 5.73 Å². The van der Waals surface area contributed by atoms with Crippen LogP contribution in [0.1, 0.15) is 12.8 Å². The number of carbonyl (C=O) groups excluding carboxylic acids is 1. The topological polar surface area (TPSA) is 71.6 Å². The van der Waals surface area contributed by atoms with Crippen LogP contribution in [0.15, 0.2) is 41.5 Å².